The number of nitrogens with one attached hydrogen (secondary N) is 1. The maximum Gasteiger partial charge on any atom is 0.329 e. The molecule has 8 heteroatoms. The number of benzene rings is 1. The van der Waals surface area contributed by atoms with Gasteiger partial charge in [0.1, 0.15) is 6.04 Å². The lowest BCUT2D eigenvalue weighted by molar-refractivity contribution is -0.307. The lowest BCUT2D eigenvalue weighted by atomic mass is 9.85. The topological polar surface area (TPSA) is 110 Å². The van der Waals surface area contributed by atoms with E-state index in [2.05, 4.69) is 5.32 Å². The fraction of sp³-hybridized carbons (Fsp3) is 0.474. The minimum Gasteiger partial charge on any atom is -0.550 e. The fourth-order valence-electron chi connectivity index (χ4n) is 3.77. The van der Waals surface area contributed by atoms with Crippen LogP contribution in [0.2, 0.25) is 0 Å². The van der Waals surface area contributed by atoms with Crippen LogP contribution >= 0.6 is 0 Å². The van der Waals surface area contributed by atoms with Gasteiger partial charge in [-0.3, -0.25) is 9.59 Å². The quantitative estimate of drug-likeness (QED) is 0.798. The summed E-state index contributed by atoms with van der Waals surface area (Å²) < 4.78 is 0. The number of amides is 4. The highest BCUT2D eigenvalue weighted by molar-refractivity contribution is 6.19. The summed E-state index contributed by atoms with van der Waals surface area (Å²) in [6.07, 6.45) is 0.218. The molecule has 0 bridgehead atoms. The standard InChI is InChI=1S/C19H23N3O5/c1-19(2,11-15(24)25)10-14(23)21-9-8-13-16(21)17(26)22(18(27)20-13)12-6-4-3-5-7-12/h3-7,13,16H,8-11H2,1-2H3,(H,20,27)(H,24,25)/p-1/t13-,16+/m1/s1. The predicted octanol–water partition coefficient (Wildman–Crippen LogP) is 0.269. The monoisotopic (exact) mass is 372 g/mol. The van der Waals surface area contributed by atoms with Crippen molar-refractivity contribution in [3.8, 4) is 0 Å². The smallest absolute Gasteiger partial charge is 0.329 e. The highest BCUT2D eigenvalue weighted by Gasteiger charge is 2.50. The second-order valence-corrected chi connectivity index (χ2v) is 7.78. The largest absolute Gasteiger partial charge is 0.550 e. The van der Waals surface area contributed by atoms with Crippen LogP contribution in [0.4, 0.5) is 10.5 Å². The molecule has 0 spiro atoms. The molecule has 0 radical (unpaired) electrons. The van der Waals surface area contributed by atoms with Gasteiger partial charge in [-0.2, -0.15) is 0 Å². The van der Waals surface area contributed by atoms with Crippen LogP contribution in [0.25, 0.3) is 0 Å². The van der Waals surface area contributed by atoms with Crippen LogP contribution in [0.1, 0.15) is 33.1 Å². The summed E-state index contributed by atoms with van der Waals surface area (Å²) in [5.74, 6) is -1.96. The Bertz CT molecular complexity index is 777. The van der Waals surface area contributed by atoms with Gasteiger partial charge in [-0.15, -0.1) is 0 Å². The number of rotatable bonds is 5. The third-order valence-corrected chi connectivity index (χ3v) is 4.97. The van der Waals surface area contributed by atoms with Crippen molar-refractivity contribution in [2.75, 3.05) is 11.4 Å². The number of carboxylic acids is 1. The third-order valence-electron chi connectivity index (χ3n) is 4.97. The summed E-state index contributed by atoms with van der Waals surface area (Å²) >= 11 is 0. The van der Waals surface area contributed by atoms with Crippen molar-refractivity contribution in [2.45, 2.75) is 45.2 Å². The van der Waals surface area contributed by atoms with Crippen LogP contribution < -0.4 is 15.3 Å². The molecule has 2 fully saturated rings. The van der Waals surface area contributed by atoms with E-state index >= 15 is 0 Å². The summed E-state index contributed by atoms with van der Waals surface area (Å²) in [6.45, 7) is 3.69. The van der Waals surface area contributed by atoms with E-state index in [9.17, 15) is 24.3 Å². The van der Waals surface area contributed by atoms with Gasteiger partial charge in [-0.25, -0.2) is 9.69 Å². The molecule has 27 heavy (non-hydrogen) atoms. The number of aliphatic carboxylic acids is 1. The zero-order chi connectivity index (χ0) is 19.8. The van der Waals surface area contributed by atoms with Crippen LogP contribution in [0, 0.1) is 5.41 Å². The molecule has 2 aliphatic heterocycles. The number of urea groups is 1. The highest BCUT2D eigenvalue weighted by Crippen LogP contribution is 2.31. The van der Waals surface area contributed by atoms with E-state index in [0.717, 1.165) is 4.90 Å². The second kappa shape index (κ2) is 7.02. The molecule has 0 aromatic heterocycles. The summed E-state index contributed by atoms with van der Waals surface area (Å²) in [7, 11) is 0. The highest BCUT2D eigenvalue weighted by atomic mass is 16.4. The SMILES string of the molecule is CC(C)(CC(=O)[O-])CC(=O)N1CC[C@H]2NC(=O)N(c3ccccc3)C(=O)[C@H]21. The van der Waals surface area contributed by atoms with Crippen molar-refractivity contribution in [1.29, 1.82) is 0 Å². The number of likely N-dealkylation sites (tertiary alicyclic amines) is 1. The number of carbonyl (C=O) groups is 4. The Balaban J connectivity index is 1.80. The Kier molecular flexibility index (Phi) is 4.91. The Labute approximate surface area is 157 Å². The number of para-hydroxylation sites is 1. The van der Waals surface area contributed by atoms with Crippen LogP contribution in [0.15, 0.2) is 30.3 Å². The van der Waals surface area contributed by atoms with Crippen molar-refractivity contribution in [2.24, 2.45) is 5.41 Å². The van der Waals surface area contributed by atoms with Gasteiger partial charge in [0.2, 0.25) is 5.91 Å². The van der Waals surface area contributed by atoms with Crippen LogP contribution in [-0.4, -0.2) is 47.3 Å². The molecular formula is C19H22N3O5-. The number of carbonyl (C=O) groups excluding carboxylic acids is 4. The van der Waals surface area contributed by atoms with E-state index in [4.69, 9.17) is 0 Å². The van der Waals surface area contributed by atoms with Gasteiger partial charge in [0.05, 0.1) is 11.7 Å². The number of carboxylic acid groups (broad SMARTS) is 1. The van der Waals surface area contributed by atoms with E-state index in [1.807, 2.05) is 0 Å². The number of fused-ring (bicyclic) bond motifs is 1. The number of anilines is 1. The molecule has 1 N–H and O–H groups in total. The lowest BCUT2D eigenvalue weighted by Crippen LogP contribution is -2.65. The molecule has 0 saturated carbocycles. The van der Waals surface area contributed by atoms with Gasteiger partial charge in [-0.05, 0) is 30.4 Å². The van der Waals surface area contributed by atoms with Gasteiger partial charge >= 0.3 is 6.03 Å². The van der Waals surface area contributed by atoms with Crippen molar-refractivity contribution in [1.82, 2.24) is 10.2 Å². The van der Waals surface area contributed by atoms with E-state index in [0.29, 0.717) is 18.7 Å². The molecule has 2 saturated heterocycles. The lowest BCUT2D eigenvalue weighted by Gasteiger charge is -2.37. The molecule has 144 valence electrons. The minimum atomic E-state index is -1.22. The van der Waals surface area contributed by atoms with Crippen molar-refractivity contribution < 1.29 is 24.3 Å². The predicted molar refractivity (Wildman–Crippen MR) is 94.4 cm³/mol. The number of nitrogens with zero attached hydrogens (tertiary/aromatic N) is 2. The normalized spacial score (nSPS) is 22.4. The van der Waals surface area contributed by atoms with Gasteiger partial charge in [0, 0.05) is 18.9 Å². The molecule has 1 aromatic carbocycles. The number of hydrogen-bond donors (Lipinski definition) is 1. The first kappa shape index (κ1) is 18.9. The van der Waals surface area contributed by atoms with E-state index in [1.54, 1.807) is 44.2 Å². The van der Waals surface area contributed by atoms with Crippen molar-refractivity contribution in [3.63, 3.8) is 0 Å². The van der Waals surface area contributed by atoms with Gasteiger partial charge in [0.15, 0.2) is 0 Å². The Hall–Kier alpha value is -2.90. The molecule has 4 amide bonds. The second-order valence-electron chi connectivity index (χ2n) is 7.78. The van der Waals surface area contributed by atoms with E-state index in [-0.39, 0.29) is 18.7 Å². The van der Waals surface area contributed by atoms with Crippen molar-refractivity contribution >= 4 is 29.5 Å². The summed E-state index contributed by atoms with van der Waals surface area (Å²) in [5.41, 5.74) is -0.344. The Morgan fingerprint density at radius 3 is 2.48 bits per heavy atom. The van der Waals surface area contributed by atoms with Crippen LogP contribution in [-0.2, 0) is 14.4 Å². The molecule has 3 rings (SSSR count). The van der Waals surface area contributed by atoms with Crippen LogP contribution in [0.3, 0.4) is 0 Å². The maximum absolute atomic E-state index is 13.0. The molecule has 2 heterocycles. The molecule has 1 aromatic rings. The first-order valence-corrected chi connectivity index (χ1v) is 8.88. The molecule has 2 atom stereocenters. The molecule has 0 aliphatic carbocycles. The number of hydrogen-bond acceptors (Lipinski definition) is 5. The molecular weight excluding hydrogens is 350 g/mol. The van der Waals surface area contributed by atoms with Crippen LogP contribution in [0.5, 0.6) is 0 Å². The maximum atomic E-state index is 13.0. The Morgan fingerprint density at radius 1 is 1.19 bits per heavy atom. The van der Waals surface area contributed by atoms with Gasteiger partial charge < -0.3 is 20.1 Å². The first-order chi connectivity index (χ1) is 12.7. The van der Waals surface area contributed by atoms with E-state index in [1.165, 1.54) is 4.90 Å². The third kappa shape index (κ3) is 3.79. The number of imide groups is 1. The van der Waals surface area contributed by atoms with Gasteiger partial charge in [-0.1, -0.05) is 32.0 Å². The van der Waals surface area contributed by atoms with Crippen molar-refractivity contribution in [3.05, 3.63) is 30.3 Å². The fourth-order valence-corrected chi connectivity index (χ4v) is 3.77. The summed E-state index contributed by atoms with van der Waals surface area (Å²) in [5, 5.41) is 13.7. The summed E-state index contributed by atoms with van der Waals surface area (Å²) in [6, 6.07) is 6.82. The average Bonchev–Trinajstić information content (AvgIpc) is 2.98. The molecule has 2 aliphatic rings. The molecule has 8 nitrogen and oxygen atoms in total. The van der Waals surface area contributed by atoms with E-state index < -0.39 is 35.4 Å². The Morgan fingerprint density at radius 2 is 1.85 bits per heavy atom. The minimum absolute atomic E-state index is 0.0171. The average molecular weight is 372 g/mol. The summed E-state index contributed by atoms with van der Waals surface area (Å²) in [4.78, 5) is 51.6. The molecule has 0 unspecified atom stereocenters. The van der Waals surface area contributed by atoms with Gasteiger partial charge in [0.25, 0.3) is 5.91 Å². The zero-order valence-electron chi connectivity index (χ0n) is 15.3. The first-order valence-electron chi connectivity index (χ1n) is 8.88. The zero-order valence-corrected chi connectivity index (χ0v) is 15.3.